The predicted octanol–water partition coefficient (Wildman–Crippen LogP) is 15.7. The summed E-state index contributed by atoms with van der Waals surface area (Å²) in [6.45, 7) is 14.6. The molecule has 292 valence electrons. The lowest BCUT2D eigenvalue weighted by atomic mass is 9.60. The Bertz CT molecular complexity index is 2850. The van der Waals surface area contributed by atoms with E-state index in [9.17, 15) is 0 Å². The van der Waals surface area contributed by atoms with E-state index >= 15 is 0 Å². The van der Waals surface area contributed by atoms with Crippen molar-refractivity contribution in [3.05, 3.63) is 221 Å². The smallest absolute Gasteiger partial charge is 0.0545 e. The monoisotopic (exact) mass is 775 g/mol. The minimum atomic E-state index is -0.316. The number of anilines is 9. The molecule has 3 heterocycles. The number of hydrogen-bond acceptors (Lipinski definition) is 3. The first-order valence-electron chi connectivity index (χ1n) is 21.3. The average molecular weight is 776 g/mol. The van der Waals surface area contributed by atoms with Gasteiger partial charge in [0.1, 0.15) is 0 Å². The van der Waals surface area contributed by atoms with Gasteiger partial charge < -0.3 is 14.7 Å². The van der Waals surface area contributed by atoms with Crippen molar-refractivity contribution in [3.63, 3.8) is 0 Å². The van der Waals surface area contributed by atoms with Crippen LogP contribution in [0.1, 0.15) is 74.9 Å². The van der Waals surface area contributed by atoms with Crippen LogP contribution in [-0.2, 0) is 16.2 Å². The van der Waals surface area contributed by atoms with Crippen LogP contribution in [0.25, 0.3) is 11.1 Å². The van der Waals surface area contributed by atoms with E-state index in [0.29, 0.717) is 0 Å². The molecule has 0 bridgehead atoms. The summed E-state index contributed by atoms with van der Waals surface area (Å²) in [5, 5.41) is 0. The van der Waals surface area contributed by atoms with Gasteiger partial charge in [0.05, 0.1) is 17.1 Å². The molecule has 3 nitrogen and oxygen atoms in total. The fourth-order valence-corrected chi connectivity index (χ4v) is 10.5. The third kappa shape index (κ3) is 5.21. The second-order valence-corrected chi connectivity index (χ2v) is 18.3. The van der Waals surface area contributed by atoms with E-state index in [4.69, 9.17) is 0 Å². The van der Waals surface area contributed by atoms with Gasteiger partial charge in [-0.05, 0) is 129 Å². The van der Waals surface area contributed by atoms with Gasteiger partial charge in [0.25, 0.3) is 0 Å². The molecule has 3 heteroatoms. The molecule has 0 radical (unpaired) electrons. The van der Waals surface area contributed by atoms with E-state index < -0.39 is 0 Å². The minimum Gasteiger partial charge on any atom is -0.311 e. The molecule has 8 aromatic carbocycles. The largest absolute Gasteiger partial charge is 0.311 e. The van der Waals surface area contributed by atoms with Crippen LogP contribution >= 0.6 is 0 Å². The summed E-state index contributed by atoms with van der Waals surface area (Å²) in [4.78, 5) is 7.44. The van der Waals surface area contributed by atoms with Crippen molar-refractivity contribution >= 4 is 51.2 Å². The molecule has 60 heavy (non-hydrogen) atoms. The van der Waals surface area contributed by atoms with E-state index in [1.807, 2.05) is 0 Å². The molecule has 0 amide bonds. The van der Waals surface area contributed by atoms with Crippen LogP contribution in [0.2, 0.25) is 0 Å². The van der Waals surface area contributed by atoms with Crippen molar-refractivity contribution in [1.82, 2.24) is 0 Å². The van der Waals surface area contributed by atoms with Crippen molar-refractivity contribution in [2.45, 2.75) is 57.8 Å². The first kappa shape index (κ1) is 36.3. The number of nitrogens with zero attached hydrogens (tertiary/aromatic N) is 3. The SMILES string of the molecule is CC1(C)c2cccc3c2N2c4c1cc(-c1ccc(N(c5ccccc5)c5ccccc5)cc1)cc4C(C)(C)c1cc(N(c4ccccc4)c4ccccc4)cc(c12)C3(C)C. The molecule has 0 atom stereocenters. The Kier molecular flexibility index (Phi) is 7.90. The fourth-order valence-electron chi connectivity index (χ4n) is 10.5. The second-order valence-electron chi connectivity index (χ2n) is 18.3. The lowest BCUT2D eigenvalue weighted by molar-refractivity contribution is 0.567. The number of hydrogen-bond donors (Lipinski definition) is 0. The Morgan fingerprint density at radius 2 is 0.600 bits per heavy atom. The van der Waals surface area contributed by atoms with Gasteiger partial charge in [-0.3, -0.25) is 0 Å². The lowest BCUT2D eigenvalue weighted by Crippen LogP contribution is -2.43. The molecule has 0 spiro atoms. The zero-order valence-electron chi connectivity index (χ0n) is 35.2. The third-order valence-electron chi connectivity index (χ3n) is 13.7. The normalized spacial score (nSPS) is 15.5. The summed E-state index contributed by atoms with van der Waals surface area (Å²) in [5.41, 5.74) is 20.8. The summed E-state index contributed by atoms with van der Waals surface area (Å²) < 4.78 is 0. The summed E-state index contributed by atoms with van der Waals surface area (Å²) >= 11 is 0. The van der Waals surface area contributed by atoms with Crippen LogP contribution in [-0.4, -0.2) is 0 Å². The number of benzene rings is 8. The highest BCUT2D eigenvalue weighted by Crippen LogP contribution is 2.67. The Morgan fingerprint density at radius 1 is 0.283 bits per heavy atom. The highest BCUT2D eigenvalue weighted by molar-refractivity contribution is 6.00. The molecule has 0 saturated carbocycles. The fraction of sp³-hybridized carbons (Fsp3) is 0.158. The van der Waals surface area contributed by atoms with Crippen LogP contribution in [0.3, 0.4) is 0 Å². The van der Waals surface area contributed by atoms with Gasteiger partial charge in [0.2, 0.25) is 0 Å². The first-order chi connectivity index (χ1) is 29.0. The predicted molar refractivity (Wildman–Crippen MR) is 252 cm³/mol. The quantitative estimate of drug-likeness (QED) is 0.160. The average Bonchev–Trinajstić information content (AvgIpc) is 3.27. The highest BCUT2D eigenvalue weighted by atomic mass is 15.2. The van der Waals surface area contributed by atoms with Crippen molar-refractivity contribution in [3.8, 4) is 11.1 Å². The topological polar surface area (TPSA) is 9.72 Å². The number of rotatable bonds is 7. The van der Waals surface area contributed by atoms with E-state index in [1.54, 1.807) is 0 Å². The van der Waals surface area contributed by atoms with Crippen LogP contribution < -0.4 is 14.7 Å². The number of para-hydroxylation sites is 5. The Labute approximate surface area is 354 Å². The first-order valence-corrected chi connectivity index (χ1v) is 21.3. The van der Waals surface area contributed by atoms with E-state index in [-0.39, 0.29) is 16.2 Å². The minimum absolute atomic E-state index is 0.224. The van der Waals surface area contributed by atoms with Gasteiger partial charge in [-0.15, -0.1) is 0 Å². The van der Waals surface area contributed by atoms with Gasteiger partial charge in [0.15, 0.2) is 0 Å². The maximum absolute atomic E-state index is 2.67. The highest BCUT2D eigenvalue weighted by Gasteiger charge is 2.52. The molecular weight excluding hydrogens is 727 g/mol. The standard InChI is InChI=1S/C57H49N3/c1-55(2)46-28-19-29-47-52(46)60-53-48(55)34-39(38-30-32-44(33-31-38)58(40-20-11-7-12-21-40)41-22-13-8-14-23-41)35-49(53)57(5,6)51-37-45(36-50(54(51)60)56(47,3)4)59(42-24-15-9-16-25-42)43-26-17-10-18-27-43/h7-37H,1-6H3. The molecule has 0 fully saturated rings. The molecule has 0 aliphatic carbocycles. The molecule has 0 unspecified atom stereocenters. The Hall–Kier alpha value is -6.84. The molecule has 11 rings (SSSR count). The zero-order chi connectivity index (χ0) is 41.0. The van der Waals surface area contributed by atoms with E-state index in [1.165, 1.54) is 67.3 Å². The molecule has 0 saturated heterocycles. The summed E-state index contributed by atoms with van der Waals surface area (Å²) in [6.07, 6.45) is 0. The van der Waals surface area contributed by atoms with Crippen molar-refractivity contribution in [1.29, 1.82) is 0 Å². The molecule has 0 aromatic heterocycles. The molecule has 3 aliphatic heterocycles. The van der Waals surface area contributed by atoms with E-state index in [2.05, 4.69) is 244 Å². The summed E-state index contributed by atoms with van der Waals surface area (Å²) in [6, 6.07) is 69.2. The van der Waals surface area contributed by atoms with Crippen LogP contribution in [0.5, 0.6) is 0 Å². The second kappa shape index (κ2) is 13.1. The molecule has 3 aliphatic rings. The van der Waals surface area contributed by atoms with Gasteiger partial charge in [0, 0.05) is 50.4 Å². The van der Waals surface area contributed by atoms with Gasteiger partial charge in [-0.2, -0.15) is 0 Å². The van der Waals surface area contributed by atoms with Crippen LogP contribution in [0.15, 0.2) is 188 Å². The van der Waals surface area contributed by atoms with Gasteiger partial charge in [-0.25, -0.2) is 0 Å². The van der Waals surface area contributed by atoms with Crippen LogP contribution in [0.4, 0.5) is 51.2 Å². The van der Waals surface area contributed by atoms with Gasteiger partial charge >= 0.3 is 0 Å². The van der Waals surface area contributed by atoms with Gasteiger partial charge in [-0.1, -0.05) is 145 Å². The molecule has 0 N–H and O–H groups in total. The van der Waals surface area contributed by atoms with Crippen LogP contribution in [0, 0.1) is 0 Å². The van der Waals surface area contributed by atoms with Crippen molar-refractivity contribution < 1.29 is 0 Å². The van der Waals surface area contributed by atoms with E-state index in [0.717, 1.165) is 28.4 Å². The molecule has 8 aromatic rings. The molecular formula is C57H49N3. The van der Waals surface area contributed by atoms with Crippen molar-refractivity contribution in [2.24, 2.45) is 0 Å². The third-order valence-corrected chi connectivity index (χ3v) is 13.7. The summed E-state index contributed by atoms with van der Waals surface area (Å²) in [5.74, 6) is 0. The lowest BCUT2D eigenvalue weighted by Gasteiger charge is -2.55. The Balaban J connectivity index is 1.13. The Morgan fingerprint density at radius 3 is 1.00 bits per heavy atom. The summed E-state index contributed by atoms with van der Waals surface area (Å²) in [7, 11) is 0. The maximum atomic E-state index is 2.67. The maximum Gasteiger partial charge on any atom is 0.0545 e. The van der Waals surface area contributed by atoms with Crippen molar-refractivity contribution in [2.75, 3.05) is 14.7 Å². The zero-order valence-corrected chi connectivity index (χ0v) is 35.2.